The average molecular weight is 557 g/mol. The maximum atomic E-state index is 7.88. The molecule has 0 fully saturated rings. The molecule has 6 N–H and O–H groups in total. The Kier molecular flexibility index (Phi) is 840. The van der Waals surface area contributed by atoms with Crippen LogP contribution >= 0.6 is 0 Å². The Hall–Kier alpha value is -0.240. The van der Waals surface area contributed by atoms with E-state index in [1.165, 1.54) is 38.5 Å². The number of hydrogen-bond acceptors (Lipinski definition) is 6. The van der Waals surface area contributed by atoms with Crippen molar-refractivity contribution in [2.24, 2.45) is 0 Å². The van der Waals surface area contributed by atoms with E-state index in [0.29, 0.717) is 13.2 Å². The second-order valence-corrected chi connectivity index (χ2v) is 6.01. The molecule has 0 aliphatic heterocycles. The smallest absolute Gasteiger partial charge is 0.0428 e. The van der Waals surface area contributed by atoms with Gasteiger partial charge in [-0.15, -0.1) is 0 Å². The van der Waals surface area contributed by atoms with Gasteiger partial charge in [0.25, 0.3) is 0 Å². The summed E-state index contributed by atoms with van der Waals surface area (Å²) in [7, 11) is 3.00. The molecule has 0 aliphatic carbocycles. The van der Waals surface area contributed by atoms with Crippen LogP contribution < -0.4 is 0 Å². The van der Waals surface area contributed by atoms with Gasteiger partial charge in [-0.25, -0.2) is 0 Å². The van der Waals surface area contributed by atoms with Crippen LogP contribution in [0.25, 0.3) is 0 Å². The highest BCUT2D eigenvalue weighted by atomic mass is 16.3. The van der Waals surface area contributed by atoms with Gasteiger partial charge in [-0.05, 0) is 19.8 Å². The Balaban J connectivity index is -0.0000000154. The summed E-state index contributed by atoms with van der Waals surface area (Å²) < 4.78 is 0. The molecule has 6 nitrogen and oxygen atoms in total. The summed E-state index contributed by atoms with van der Waals surface area (Å²) >= 11 is 0. The van der Waals surface area contributed by atoms with E-state index in [-0.39, 0.29) is 6.61 Å². The monoisotopic (exact) mass is 557 g/mol. The molecule has 0 saturated carbocycles. The molecule has 0 saturated heterocycles. The van der Waals surface area contributed by atoms with Crippen molar-refractivity contribution in [3.63, 3.8) is 0 Å². The predicted octanol–water partition coefficient (Wildman–Crippen LogP) is 9.13. The summed E-state index contributed by atoms with van der Waals surface area (Å²) in [6.07, 6.45) is 9.25. The molecular formula is C31H88O6. The van der Waals surface area contributed by atoms with Gasteiger partial charge >= 0.3 is 0 Å². The van der Waals surface area contributed by atoms with Crippen molar-refractivity contribution in [1.29, 1.82) is 0 Å². The van der Waals surface area contributed by atoms with E-state index in [2.05, 4.69) is 83.1 Å². The average Bonchev–Trinajstić information content (AvgIpc) is 2.92. The molecule has 0 heterocycles. The van der Waals surface area contributed by atoms with Gasteiger partial charge in [0.1, 0.15) is 0 Å². The fourth-order valence-electron chi connectivity index (χ4n) is 0. The van der Waals surface area contributed by atoms with Gasteiger partial charge in [-0.1, -0.05) is 149 Å². The third-order valence-corrected chi connectivity index (χ3v) is 0.447. The molecule has 0 amide bonds. The highest BCUT2D eigenvalue weighted by Gasteiger charge is 1.57. The molecular weight excluding hydrogens is 468 g/mol. The summed E-state index contributed by atoms with van der Waals surface area (Å²) in [6.45, 7) is 35.9. The highest BCUT2D eigenvalue weighted by Crippen LogP contribution is 1.62. The predicted molar refractivity (Wildman–Crippen MR) is 179 cm³/mol. The molecule has 248 valence electrons. The first-order valence-corrected chi connectivity index (χ1v) is 14.9. The molecule has 6 heteroatoms. The van der Waals surface area contributed by atoms with Crippen molar-refractivity contribution >= 4 is 0 Å². The van der Waals surface area contributed by atoms with Gasteiger partial charge in [0.15, 0.2) is 0 Å². The van der Waals surface area contributed by atoms with Crippen LogP contribution in [0, 0.1) is 0 Å². The molecule has 0 aromatic heterocycles. The van der Waals surface area contributed by atoms with E-state index in [1.54, 1.807) is 6.92 Å². The van der Waals surface area contributed by atoms with Crippen molar-refractivity contribution in [1.82, 2.24) is 0 Å². The van der Waals surface area contributed by atoms with E-state index in [4.69, 9.17) is 30.6 Å². The van der Waals surface area contributed by atoms with E-state index < -0.39 is 0 Å². The lowest BCUT2D eigenvalue weighted by Gasteiger charge is -1.69. The molecule has 0 bridgehead atoms. The van der Waals surface area contributed by atoms with Crippen molar-refractivity contribution in [2.75, 3.05) is 41.2 Å². The molecule has 0 aliphatic rings. The van der Waals surface area contributed by atoms with Gasteiger partial charge in [0.05, 0.1) is 0 Å². The minimum absolute atomic E-state index is 0.250. The van der Waals surface area contributed by atoms with Crippen LogP contribution in [0.3, 0.4) is 0 Å². The zero-order valence-corrected chi connectivity index (χ0v) is 30.5. The fraction of sp³-hybridized carbons (Fsp3) is 1.00. The zero-order valence-electron chi connectivity index (χ0n) is 30.5. The van der Waals surface area contributed by atoms with Crippen LogP contribution in [0.1, 0.15) is 169 Å². The summed E-state index contributed by atoms with van der Waals surface area (Å²) in [6, 6.07) is 0. The zero-order chi connectivity index (χ0) is 33.8. The second-order valence-electron chi connectivity index (χ2n) is 6.01. The molecule has 0 radical (unpaired) electrons. The normalized spacial score (nSPS) is 5.68. The van der Waals surface area contributed by atoms with E-state index in [1.807, 2.05) is 27.7 Å². The van der Waals surface area contributed by atoms with Crippen LogP contribution in [0.4, 0.5) is 0 Å². The Labute approximate surface area is 241 Å². The first kappa shape index (κ1) is 83.3. The first-order chi connectivity index (χ1) is 17.7. The number of aliphatic hydroxyl groups is 6. The lowest BCUT2D eigenvalue weighted by atomic mass is 10.5. The number of rotatable bonds is 2. The second kappa shape index (κ2) is 373. The van der Waals surface area contributed by atoms with Crippen LogP contribution in [0.5, 0.6) is 0 Å². The topological polar surface area (TPSA) is 121 Å². The van der Waals surface area contributed by atoms with E-state index in [9.17, 15) is 0 Å². The molecule has 0 unspecified atom stereocenters. The lowest BCUT2D eigenvalue weighted by molar-refractivity contribution is 0.294. The molecule has 0 aromatic rings. The standard InChI is InChI=1S/2C3H8O.6C3H8.C2H6O.C2H6.3CH4O/c2*1-2-3-4;6*1-3-2;1-2-3;4*1-2/h2*4H,2-3H2,1H3;6*3H2,1-2H3;3H,2H2,1H3;1-2H3;3*2H,1H3. The van der Waals surface area contributed by atoms with Crippen LogP contribution in [0.2, 0.25) is 0 Å². The summed E-state index contributed by atoms with van der Waals surface area (Å²) in [5, 5.41) is 44.3. The van der Waals surface area contributed by atoms with E-state index in [0.717, 1.165) is 34.2 Å². The van der Waals surface area contributed by atoms with Gasteiger partial charge < -0.3 is 30.6 Å². The molecule has 0 rings (SSSR count). The largest absolute Gasteiger partial charge is 0.400 e. The van der Waals surface area contributed by atoms with Crippen molar-refractivity contribution in [2.45, 2.75) is 169 Å². The third kappa shape index (κ3) is 13200. The minimum Gasteiger partial charge on any atom is -0.400 e. The first-order valence-electron chi connectivity index (χ1n) is 14.9. The van der Waals surface area contributed by atoms with E-state index >= 15 is 0 Å². The van der Waals surface area contributed by atoms with Crippen molar-refractivity contribution in [3.05, 3.63) is 0 Å². The third-order valence-electron chi connectivity index (χ3n) is 0.447. The van der Waals surface area contributed by atoms with Crippen molar-refractivity contribution < 1.29 is 30.6 Å². The Morgan fingerprint density at radius 1 is 0.297 bits per heavy atom. The summed E-state index contributed by atoms with van der Waals surface area (Å²) in [4.78, 5) is 0. The maximum absolute atomic E-state index is 7.88. The molecule has 0 aromatic carbocycles. The quantitative estimate of drug-likeness (QED) is 0.202. The Morgan fingerprint density at radius 3 is 0.324 bits per heavy atom. The van der Waals surface area contributed by atoms with Gasteiger partial charge in [-0.2, -0.15) is 0 Å². The lowest BCUT2D eigenvalue weighted by Crippen LogP contribution is -1.69. The van der Waals surface area contributed by atoms with Gasteiger partial charge in [-0.3, -0.25) is 0 Å². The van der Waals surface area contributed by atoms with Crippen LogP contribution in [-0.4, -0.2) is 71.8 Å². The Bertz CT molecular complexity index is 72.1. The number of aliphatic hydroxyl groups excluding tert-OH is 6. The van der Waals surface area contributed by atoms with Gasteiger partial charge in [0, 0.05) is 41.2 Å². The fourth-order valence-corrected chi connectivity index (χ4v) is 0. The van der Waals surface area contributed by atoms with Crippen molar-refractivity contribution in [3.8, 4) is 0 Å². The summed E-state index contributed by atoms with van der Waals surface area (Å²) in [5.41, 5.74) is 0. The van der Waals surface area contributed by atoms with Gasteiger partial charge in [0.2, 0.25) is 0 Å². The molecule has 0 spiro atoms. The molecule has 0 atom stereocenters. The number of hydrogen-bond donors (Lipinski definition) is 6. The minimum atomic E-state index is 0.250. The van der Waals surface area contributed by atoms with Crippen LogP contribution in [0.15, 0.2) is 0 Å². The van der Waals surface area contributed by atoms with Crippen LogP contribution in [-0.2, 0) is 0 Å². The SMILES string of the molecule is CC.CCC.CCC.CCC.CCC.CCC.CCC.CCCO.CCCO.CCO.CO.CO.CO. The Morgan fingerprint density at radius 2 is 0.324 bits per heavy atom. The molecule has 37 heavy (non-hydrogen) atoms. The summed E-state index contributed by atoms with van der Waals surface area (Å²) in [5.74, 6) is 0. The highest BCUT2D eigenvalue weighted by molar-refractivity contribution is 4.10. The maximum Gasteiger partial charge on any atom is 0.0428 e.